The molecule has 3 nitrogen and oxygen atoms in total. The van der Waals surface area contributed by atoms with E-state index in [0.717, 1.165) is 12.8 Å². The van der Waals surface area contributed by atoms with Crippen LogP contribution in [-0.4, -0.2) is 17.5 Å². The number of carbonyl (C=O) groups is 1. The average molecular weight is 201 g/mol. The third-order valence-electron chi connectivity index (χ3n) is 3.01. The molecule has 1 aliphatic rings. The van der Waals surface area contributed by atoms with E-state index in [1.165, 1.54) is 23.8 Å². The lowest BCUT2D eigenvalue weighted by atomic mass is 10.2. The van der Waals surface area contributed by atoms with Crippen molar-refractivity contribution in [3.05, 3.63) is 41.2 Å². The van der Waals surface area contributed by atoms with Crippen molar-refractivity contribution < 1.29 is 9.53 Å². The van der Waals surface area contributed by atoms with E-state index < -0.39 is 0 Å². The quantitative estimate of drug-likeness (QED) is 0.659. The Kier molecular flexibility index (Phi) is 1.63. The molecule has 0 N–H and O–H groups in total. The summed E-state index contributed by atoms with van der Waals surface area (Å²) in [6.07, 6.45) is 4.02. The van der Waals surface area contributed by atoms with Gasteiger partial charge < -0.3 is 9.14 Å². The highest BCUT2D eigenvalue weighted by Gasteiger charge is 2.21. The van der Waals surface area contributed by atoms with Gasteiger partial charge in [0.25, 0.3) is 0 Å². The largest absolute Gasteiger partial charge is 0.464 e. The lowest BCUT2D eigenvalue weighted by molar-refractivity contribution is 0.0593. The van der Waals surface area contributed by atoms with E-state index in [0.29, 0.717) is 5.69 Å². The van der Waals surface area contributed by atoms with Crippen molar-refractivity contribution in [2.24, 2.45) is 0 Å². The van der Waals surface area contributed by atoms with Crippen LogP contribution in [0.15, 0.2) is 24.4 Å². The monoisotopic (exact) mass is 201 g/mol. The fraction of sp³-hybridized carbons (Fsp3) is 0.250. The third kappa shape index (κ3) is 1.03. The summed E-state index contributed by atoms with van der Waals surface area (Å²) < 4.78 is 6.70. The fourth-order valence-corrected chi connectivity index (χ4v) is 2.34. The van der Waals surface area contributed by atoms with E-state index in [4.69, 9.17) is 4.74 Å². The van der Waals surface area contributed by atoms with Crippen molar-refractivity contribution in [2.75, 3.05) is 7.11 Å². The zero-order valence-electron chi connectivity index (χ0n) is 8.49. The third-order valence-corrected chi connectivity index (χ3v) is 3.01. The van der Waals surface area contributed by atoms with Gasteiger partial charge in [-0.2, -0.15) is 0 Å². The van der Waals surface area contributed by atoms with Crippen LogP contribution in [0.25, 0.3) is 5.52 Å². The first-order valence-electron chi connectivity index (χ1n) is 5.01. The van der Waals surface area contributed by atoms with Gasteiger partial charge in [0.15, 0.2) is 0 Å². The molecule has 0 saturated heterocycles. The molecule has 76 valence electrons. The van der Waals surface area contributed by atoms with E-state index >= 15 is 0 Å². The molecule has 0 radical (unpaired) electrons. The summed E-state index contributed by atoms with van der Waals surface area (Å²) in [6.45, 7) is 0. The first-order chi connectivity index (χ1) is 7.31. The number of aryl methyl sites for hydroxylation is 2. The Bertz CT molecular complexity index is 554. The van der Waals surface area contributed by atoms with Crippen LogP contribution in [0, 0.1) is 0 Å². The summed E-state index contributed by atoms with van der Waals surface area (Å²) in [4.78, 5) is 11.5. The van der Waals surface area contributed by atoms with Crippen molar-refractivity contribution in [1.29, 1.82) is 0 Å². The van der Waals surface area contributed by atoms with E-state index in [-0.39, 0.29) is 5.97 Å². The number of nitrogens with zero attached hydrogens (tertiary/aromatic N) is 1. The highest BCUT2D eigenvalue weighted by atomic mass is 16.5. The van der Waals surface area contributed by atoms with Gasteiger partial charge in [0.05, 0.1) is 12.6 Å². The van der Waals surface area contributed by atoms with Gasteiger partial charge >= 0.3 is 5.97 Å². The van der Waals surface area contributed by atoms with Gasteiger partial charge in [-0.15, -0.1) is 0 Å². The minimum Gasteiger partial charge on any atom is -0.464 e. The van der Waals surface area contributed by atoms with Gasteiger partial charge in [0.2, 0.25) is 0 Å². The molecule has 0 spiro atoms. The van der Waals surface area contributed by atoms with Crippen molar-refractivity contribution >= 4 is 11.5 Å². The van der Waals surface area contributed by atoms with E-state index in [1.807, 2.05) is 22.7 Å². The first kappa shape index (κ1) is 8.53. The Morgan fingerprint density at radius 2 is 2.20 bits per heavy atom. The Balaban J connectivity index is 2.35. The van der Waals surface area contributed by atoms with Gasteiger partial charge in [-0.1, -0.05) is 6.07 Å². The summed E-state index contributed by atoms with van der Waals surface area (Å²) >= 11 is 0. The number of aromatic nitrogens is 1. The molecular formula is C12H11NO2. The minimum absolute atomic E-state index is 0.268. The van der Waals surface area contributed by atoms with Crippen LogP contribution in [0.1, 0.15) is 21.6 Å². The topological polar surface area (TPSA) is 30.7 Å². The summed E-state index contributed by atoms with van der Waals surface area (Å²) in [7, 11) is 1.41. The molecule has 0 bridgehead atoms. The van der Waals surface area contributed by atoms with Crippen LogP contribution in [0.2, 0.25) is 0 Å². The normalized spacial score (nSPS) is 13.4. The number of pyridine rings is 1. The van der Waals surface area contributed by atoms with Gasteiger partial charge in [-0.25, -0.2) is 4.79 Å². The minimum atomic E-state index is -0.268. The molecule has 3 heteroatoms. The van der Waals surface area contributed by atoms with E-state index in [1.54, 1.807) is 0 Å². The Hall–Kier alpha value is -1.77. The number of rotatable bonds is 1. The lowest BCUT2D eigenvalue weighted by Gasteiger charge is -2.02. The van der Waals surface area contributed by atoms with Crippen LogP contribution in [-0.2, 0) is 17.6 Å². The highest BCUT2D eigenvalue weighted by molar-refractivity contribution is 5.91. The molecule has 0 aliphatic heterocycles. The van der Waals surface area contributed by atoms with Crippen LogP contribution < -0.4 is 0 Å². The molecule has 0 atom stereocenters. The molecule has 3 rings (SSSR count). The molecule has 0 aromatic carbocycles. The Morgan fingerprint density at radius 3 is 3.00 bits per heavy atom. The second-order valence-electron chi connectivity index (χ2n) is 3.80. The van der Waals surface area contributed by atoms with Gasteiger partial charge in [-0.3, -0.25) is 0 Å². The van der Waals surface area contributed by atoms with Crippen LogP contribution in [0.5, 0.6) is 0 Å². The first-order valence-corrected chi connectivity index (χ1v) is 5.01. The summed E-state index contributed by atoms with van der Waals surface area (Å²) in [5.74, 6) is -0.268. The zero-order chi connectivity index (χ0) is 10.4. The number of hydrogen-bond acceptors (Lipinski definition) is 2. The Labute approximate surface area is 87.3 Å². The molecule has 0 amide bonds. The van der Waals surface area contributed by atoms with E-state index in [2.05, 4.69) is 6.07 Å². The second-order valence-corrected chi connectivity index (χ2v) is 3.80. The van der Waals surface area contributed by atoms with Gasteiger partial charge in [-0.05, 0) is 36.1 Å². The maximum absolute atomic E-state index is 11.5. The van der Waals surface area contributed by atoms with Crippen LogP contribution in [0.4, 0.5) is 0 Å². The standard InChI is InChI=1S/C12H11NO2/c1-15-12(14)10-7-9-5-4-8-3-2-6-13(10)11(8)9/h2-3,6-7H,4-5H2,1H3. The lowest BCUT2D eigenvalue weighted by Crippen LogP contribution is -2.05. The average Bonchev–Trinajstić information content (AvgIpc) is 2.84. The molecule has 1 aliphatic carbocycles. The van der Waals surface area contributed by atoms with E-state index in [9.17, 15) is 4.79 Å². The number of methoxy groups -OCH3 is 1. The van der Waals surface area contributed by atoms with Crippen molar-refractivity contribution in [3.63, 3.8) is 0 Å². The molecule has 2 aromatic heterocycles. The van der Waals surface area contributed by atoms with Crippen molar-refractivity contribution in [1.82, 2.24) is 4.40 Å². The van der Waals surface area contributed by atoms with Crippen LogP contribution >= 0.6 is 0 Å². The van der Waals surface area contributed by atoms with Gasteiger partial charge in [0.1, 0.15) is 5.69 Å². The predicted molar refractivity (Wildman–Crippen MR) is 56.1 cm³/mol. The Morgan fingerprint density at radius 1 is 1.40 bits per heavy atom. The summed E-state index contributed by atoms with van der Waals surface area (Å²) in [6, 6.07) is 6.04. The van der Waals surface area contributed by atoms with Crippen LogP contribution in [0.3, 0.4) is 0 Å². The summed E-state index contributed by atoms with van der Waals surface area (Å²) in [5, 5.41) is 0. The number of hydrogen-bond donors (Lipinski definition) is 0. The van der Waals surface area contributed by atoms with Crippen molar-refractivity contribution in [3.8, 4) is 0 Å². The molecule has 2 aromatic rings. The molecule has 0 fully saturated rings. The fourth-order valence-electron chi connectivity index (χ4n) is 2.34. The molecule has 0 saturated carbocycles. The maximum Gasteiger partial charge on any atom is 0.355 e. The predicted octanol–water partition coefficient (Wildman–Crippen LogP) is 1.82. The molecule has 2 heterocycles. The SMILES string of the molecule is COC(=O)c1cc2c3c(cccn13)CC2. The van der Waals surface area contributed by atoms with Gasteiger partial charge in [0, 0.05) is 6.20 Å². The number of esters is 1. The molecule has 0 unspecified atom stereocenters. The zero-order valence-corrected chi connectivity index (χ0v) is 8.49. The smallest absolute Gasteiger partial charge is 0.355 e. The molecular weight excluding hydrogens is 190 g/mol. The molecule has 15 heavy (non-hydrogen) atoms. The second kappa shape index (κ2) is 2.86. The number of ether oxygens (including phenoxy) is 1. The number of carbonyl (C=O) groups excluding carboxylic acids is 1. The summed E-state index contributed by atoms with van der Waals surface area (Å²) in [5.41, 5.74) is 4.40. The maximum atomic E-state index is 11.5. The highest BCUT2D eigenvalue weighted by Crippen LogP contribution is 2.28. The van der Waals surface area contributed by atoms with Crippen molar-refractivity contribution in [2.45, 2.75) is 12.8 Å².